The van der Waals surface area contributed by atoms with Gasteiger partial charge in [-0.2, -0.15) is 0 Å². The Kier molecular flexibility index (Phi) is 4.05. The molecule has 3 heteroatoms. The molecular formula is C16H19NOS. The monoisotopic (exact) mass is 273 g/mol. The van der Waals surface area contributed by atoms with Crippen LogP contribution in [0.2, 0.25) is 0 Å². The molecule has 1 aromatic heterocycles. The van der Waals surface area contributed by atoms with Crippen molar-refractivity contribution in [1.82, 2.24) is 5.32 Å². The summed E-state index contributed by atoms with van der Waals surface area (Å²) in [4.78, 5) is 13.2. The summed E-state index contributed by atoms with van der Waals surface area (Å²) in [6.45, 7) is 8.21. The lowest BCUT2D eigenvalue weighted by molar-refractivity contribution is 0.0940. The number of carbonyl (C=O) groups excluding carboxylic acids is 1. The third-order valence-corrected chi connectivity index (χ3v) is 4.23. The van der Waals surface area contributed by atoms with Crippen molar-refractivity contribution < 1.29 is 4.79 Å². The first-order valence-electron chi connectivity index (χ1n) is 6.40. The normalized spacial score (nSPS) is 12.2. The van der Waals surface area contributed by atoms with Gasteiger partial charge in [0.1, 0.15) is 0 Å². The maximum absolute atomic E-state index is 12.1. The van der Waals surface area contributed by atoms with Crippen LogP contribution in [-0.2, 0) is 0 Å². The topological polar surface area (TPSA) is 29.1 Å². The molecular weight excluding hydrogens is 254 g/mol. The molecule has 0 saturated heterocycles. The summed E-state index contributed by atoms with van der Waals surface area (Å²) in [5.74, 6) is -0.00456. The highest BCUT2D eigenvalue weighted by atomic mass is 32.1. The van der Waals surface area contributed by atoms with Gasteiger partial charge in [0.05, 0.1) is 11.6 Å². The molecule has 2 rings (SSSR count). The van der Waals surface area contributed by atoms with Crippen LogP contribution in [0.4, 0.5) is 0 Å². The summed E-state index contributed by atoms with van der Waals surface area (Å²) in [6.07, 6.45) is 0. The number of thiophene rings is 1. The second-order valence-corrected chi connectivity index (χ2v) is 6.10. The molecule has 2 aromatic rings. The van der Waals surface area contributed by atoms with E-state index in [0.29, 0.717) is 0 Å². The Morgan fingerprint density at radius 3 is 2.47 bits per heavy atom. The second kappa shape index (κ2) is 5.57. The quantitative estimate of drug-likeness (QED) is 0.893. The Hall–Kier alpha value is -1.61. The Balaban J connectivity index is 2.10. The molecule has 0 fully saturated rings. The zero-order chi connectivity index (χ0) is 14.0. The van der Waals surface area contributed by atoms with Crippen molar-refractivity contribution in [2.45, 2.75) is 33.7 Å². The van der Waals surface area contributed by atoms with Crippen LogP contribution in [0.25, 0.3) is 0 Å². The molecule has 19 heavy (non-hydrogen) atoms. The maximum Gasteiger partial charge on any atom is 0.252 e. The third kappa shape index (κ3) is 3.24. The molecule has 1 aromatic carbocycles. The van der Waals surface area contributed by atoms with E-state index in [1.807, 2.05) is 25.3 Å². The van der Waals surface area contributed by atoms with Crippen molar-refractivity contribution in [2.75, 3.05) is 0 Å². The van der Waals surface area contributed by atoms with Gasteiger partial charge in [-0.1, -0.05) is 18.2 Å². The van der Waals surface area contributed by atoms with Crippen LogP contribution in [0.15, 0.2) is 29.6 Å². The number of aryl methyl sites for hydroxylation is 3. The van der Waals surface area contributed by atoms with Gasteiger partial charge in [-0.15, -0.1) is 11.3 Å². The van der Waals surface area contributed by atoms with E-state index in [-0.39, 0.29) is 11.9 Å². The predicted molar refractivity (Wildman–Crippen MR) is 80.9 cm³/mol. The lowest BCUT2D eigenvalue weighted by atomic mass is 10.0. The van der Waals surface area contributed by atoms with Gasteiger partial charge in [-0.05, 0) is 50.5 Å². The van der Waals surface area contributed by atoms with Crippen molar-refractivity contribution in [2.24, 2.45) is 0 Å². The number of amides is 1. The lowest BCUT2D eigenvalue weighted by Gasteiger charge is -2.15. The number of hydrogen-bond donors (Lipinski definition) is 1. The predicted octanol–water partition coefficient (Wildman–Crippen LogP) is 4.16. The fourth-order valence-electron chi connectivity index (χ4n) is 1.96. The summed E-state index contributed by atoms with van der Waals surface area (Å²) in [7, 11) is 0. The maximum atomic E-state index is 12.1. The molecule has 0 unspecified atom stereocenters. The van der Waals surface area contributed by atoms with Crippen LogP contribution in [0.3, 0.4) is 0 Å². The molecule has 0 bridgehead atoms. The number of hydrogen-bond acceptors (Lipinski definition) is 2. The van der Waals surface area contributed by atoms with E-state index in [9.17, 15) is 4.79 Å². The molecule has 0 aliphatic heterocycles. The van der Waals surface area contributed by atoms with Crippen LogP contribution >= 0.6 is 11.3 Å². The van der Waals surface area contributed by atoms with E-state index >= 15 is 0 Å². The largest absolute Gasteiger partial charge is 0.345 e. The highest BCUT2D eigenvalue weighted by Crippen LogP contribution is 2.18. The van der Waals surface area contributed by atoms with E-state index in [1.165, 1.54) is 11.1 Å². The minimum absolute atomic E-state index is 0.00456. The van der Waals surface area contributed by atoms with Crippen LogP contribution < -0.4 is 5.32 Å². The molecule has 0 radical (unpaired) electrons. The van der Waals surface area contributed by atoms with Gasteiger partial charge >= 0.3 is 0 Å². The van der Waals surface area contributed by atoms with Crippen molar-refractivity contribution in [3.05, 3.63) is 56.8 Å². The molecule has 1 heterocycles. The zero-order valence-corrected chi connectivity index (χ0v) is 12.6. The summed E-state index contributed by atoms with van der Waals surface area (Å²) < 4.78 is 0. The zero-order valence-electron chi connectivity index (χ0n) is 11.8. The molecule has 1 amide bonds. The van der Waals surface area contributed by atoms with Crippen molar-refractivity contribution >= 4 is 17.2 Å². The summed E-state index contributed by atoms with van der Waals surface area (Å²) >= 11 is 1.60. The molecule has 0 aliphatic carbocycles. The fourth-order valence-corrected chi connectivity index (χ4v) is 2.64. The fraction of sp³-hybridized carbons (Fsp3) is 0.312. The van der Waals surface area contributed by atoms with Crippen molar-refractivity contribution in [1.29, 1.82) is 0 Å². The number of carbonyl (C=O) groups is 1. The molecule has 0 spiro atoms. The van der Waals surface area contributed by atoms with Crippen LogP contribution in [0.5, 0.6) is 0 Å². The highest BCUT2D eigenvalue weighted by molar-refractivity contribution is 7.10. The number of nitrogens with one attached hydrogen (secondary N) is 1. The van der Waals surface area contributed by atoms with Crippen LogP contribution in [-0.4, -0.2) is 5.91 Å². The average molecular weight is 273 g/mol. The van der Waals surface area contributed by atoms with Crippen LogP contribution in [0.1, 0.15) is 44.9 Å². The first-order valence-corrected chi connectivity index (χ1v) is 7.28. The molecule has 1 N–H and O–H groups in total. The second-order valence-electron chi connectivity index (χ2n) is 4.98. The Morgan fingerprint density at radius 2 is 1.89 bits per heavy atom. The minimum atomic E-state index is -0.00456. The summed E-state index contributed by atoms with van der Waals surface area (Å²) in [5.41, 5.74) is 4.42. The average Bonchev–Trinajstić information content (AvgIpc) is 2.79. The van der Waals surface area contributed by atoms with Gasteiger partial charge in [0.2, 0.25) is 0 Å². The van der Waals surface area contributed by atoms with E-state index in [4.69, 9.17) is 0 Å². The molecule has 2 nitrogen and oxygen atoms in total. The summed E-state index contributed by atoms with van der Waals surface area (Å²) in [5, 5.41) is 4.94. The minimum Gasteiger partial charge on any atom is -0.345 e. The van der Waals surface area contributed by atoms with Crippen molar-refractivity contribution in [3.8, 4) is 0 Å². The van der Waals surface area contributed by atoms with E-state index in [0.717, 1.165) is 16.0 Å². The van der Waals surface area contributed by atoms with Gasteiger partial charge in [-0.25, -0.2) is 0 Å². The standard InChI is InChI=1S/C16H19NOS/c1-10-5-6-14(7-11(10)2)13(4)17-16(18)15-8-12(3)19-9-15/h5-9,13H,1-4H3,(H,17,18)/t13-/m0/s1. The van der Waals surface area contributed by atoms with Crippen LogP contribution in [0, 0.1) is 20.8 Å². The Bertz CT molecular complexity index is 601. The smallest absolute Gasteiger partial charge is 0.252 e. The number of rotatable bonds is 3. The van der Waals surface area contributed by atoms with Gasteiger partial charge < -0.3 is 5.32 Å². The molecule has 100 valence electrons. The van der Waals surface area contributed by atoms with Gasteiger partial charge in [0, 0.05) is 10.3 Å². The first kappa shape index (κ1) is 13.8. The third-order valence-electron chi connectivity index (χ3n) is 3.37. The first-order chi connectivity index (χ1) is 8.97. The van der Waals surface area contributed by atoms with E-state index in [1.54, 1.807) is 11.3 Å². The Morgan fingerprint density at radius 1 is 1.16 bits per heavy atom. The number of benzene rings is 1. The SMILES string of the molecule is Cc1cc(C(=O)N[C@@H](C)c2ccc(C)c(C)c2)cs1. The lowest BCUT2D eigenvalue weighted by Crippen LogP contribution is -2.26. The molecule has 0 saturated carbocycles. The Labute approximate surface area is 118 Å². The van der Waals surface area contributed by atoms with Crippen molar-refractivity contribution in [3.63, 3.8) is 0 Å². The van der Waals surface area contributed by atoms with Gasteiger partial charge in [0.15, 0.2) is 0 Å². The highest BCUT2D eigenvalue weighted by Gasteiger charge is 2.12. The summed E-state index contributed by atoms with van der Waals surface area (Å²) in [6, 6.07) is 8.26. The molecule has 1 atom stereocenters. The van der Waals surface area contributed by atoms with Gasteiger partial charge in [0.25, 0.3) is 5.91 Å². The molecule has 0 aliphatic rings. The van der Waals surface area contributed by atoms with E-state index < -0.39 is 0 Å². The van der Waals surface area contributed by atoms with E-state index in [2.05, 4.69) is 37.4 Å². The van der Waals surface area contributed by atoms with Gasteiger partial charge in [-0.3, -0.25) is 4.79 Å².